The van der Waals surface area contributed by atoms with Gasteiger partial charge in [-0.1, -0.05) is 0 Å². The SMILES string of the molecule is CCOc1ccc(S(=O)(=O)N2CCN(c3ccnc(N4CCCC4)n3)CC2)c(OCC)c1. The molecule has 0 N–H and O–H groups in total. The summed E-state index contributed by atoms with van der Waals surface area (Å²) in [7, 11) is -3.69. The van der Waals surface area contributed by atoms with E-state index in [2.05, 4.69) is 14.8 Å². The van der Waals surface area contributed by atoms with Gasteiger partial charge >= 0.3 is 0 Å². The quantitative estimate of drug-likeness (QED) is 0.592. The highest BCUT2D eigenvalue weighted by molar-refractivity contribution is 7.89. The smallest absolute Gasteiger partial charge is 0.246 e. The molecule has 0 unspecified atom stereocenters. The summed E-state index contributed by atoms with van der Waals surface area (Å²) < 4.78 is 39.4. The maximum atomic E-state index is 13.4. The van der Waals surface area contributed by atoms with E-state index in [1.54, 1.807) is 24.4 Å². The molecule has 4 rings (SSSR count). The van der Waals surface area contributed by atoms with Gasteiger partial charge in [-0.3, -0.25) is 0 Å². The highest BCUT2D eigenvalue weighted by Gasteiger charge is 2.32. The van der Waals surface area contributed by atoms with Gasteiger partial charge in [0, 0.05) is 51.5 Å². The minimum absolute atomic E-state index is 0.176. The summed E-state index contributed by atoms with van der Waals surface area (Å²) in [5.74, 6) is 2.52. The van der Waals surface area contributed by atoms with Gasteiger partial charge in [0.15, 0.2) is 0 Å². The lowest BCUT2D eigenvalue weighted by Crippen LogP contribution is -2.49. The van der Waals surface area contributed by atoms with E-state index in [0.29, 0.717) is 50.9 Å². The molecule has 2 saturated heterocycles. The second-order valence-electron chi connectivity index (χ2n) is 7.77. The Morgan fingerprint density at radius 3 is 2.31 bits per heavy atom. The van der Waals surface area contributed by atoms with Crippen molar-refractivity contribution in [2.45, 2.75) is 31.6 Å². The van der Waals surface area contributed by atoms with Crippen LogP contribution in [0, 0.1) is 0 Å². The standard InChI is InChI=1S/C22H31N5O4S/c1-3-30-18-7-8-20(19(17-18)31-4-2)32(28,29)27-15-13-25(14-16-27)21-9-10-23-22(24-21)26-11-5-6-12-26/h7-10,17H,3-6,11-16H2,1-2H3. The molecule has 2 aliphatic rings. The molecule has 3 heterocycles. The summed E-state index contributed by atoms with van der Waals surface area (Å²) in [4.78, 5) is 13.6. The first-order valence-corrected chi connectivity index (χ1v) is 12.7. The minimum Gasteiger partial charge on any atom is -0.494 e. The second kappa shape index (κ2) is 9.91. The Labute approximate surface area is 190 Å². The van der Waals surface area contributed by atoms with Crippen molar-refractivity contribution in [3.8, 4) is 11.5 Å². The van der Waals surface area contributed by atoms with Crippen molar-refractivity contribution in [2.75, 3.05) is 62.3 Å². The molecule has 0 atom stereocenters. The first-order valence-electron chi connectivity index (χ1n) is 11.3. The lowest BCUT2D eigenvalue weighted by atomic mass is 10.3. The van der Waals surface area contributed by atoms with Crippen molar-refractivity contribution in [3.63, 3.8) is 0 Å². The molecule has 2 aromatic rings. The number of hydrogen-bond donors (Lipinski definition) is 0. The van der Waals surface area contributed by atoms with Crippen LogP contribution in [0.15, 0.2) is 35.4 Å². The van der Waals surface area contributed by atoms with Crippen molar-refractivity contribution in [1.29, 1.82) is 0 Å². The van der Waals surface area contributed by atoms with E-state index < -0.39 is 10.0 Å². The number of hydrogen-bond acceptors (Lipinski definition) is 8. The summed E-state index contributed by atoms with van der Waals surface area (Å²) in [6.07, 6.45) is 4.12. The van der Waals surface area contributed by atoms with Gasteiger partial charge in [0.1, 0.15) is 22.2 Å². The van der Waals surface area contributed by atoms with E-state index in [-0.39, 0.29) is 4.90 Å². The van der Waals surface area contributed by atoms with E-state index in [0.717, 1.165) is 24.9 Å². The van der Waals surface area contributed by atoms with Gasteiger partial charge in [-0.25, -0.2) is 13.4 Å². The maximum absolute atomic E-state index is 13.4. The molecule has 9 nitrogen and oxygen atoms in total. The molecule has 1 aromatic carbocycles. The summed E-state index contributed by atoms with van der Waals surface area (Å²) in [5, 5.41) is 0. The van der Waals surface area contributed by atoms with Crippen LogP contribution >= 0.6 is 0 Å². The lowest BCUT2D eigenvalue weighted by molar-refractivity contribution is 0.314. The molecule has 32 heavy (non-hydrogen) atoms. The molecule has 0 amide bonds. The third kappa shape index (κ3) is 4.75. The largest absolute Gasteiger partial charge is 0.494 e. The fourth-order valence-electron chi connectivity index (χ4n) is 4.11. The zero-order valence-corrected chi connectivity index (χ0v) is 19.6. The summed E-state index contributed by atoms with van der Waals surface area (Å²) in [6, 6.07) is 6.79. The molecule has 0 spiro atoms. The topological polar surface area (TPSA) is 88.1 Å². The average molecular weight is 462 g/mol. The van der Waals surface area contributed by atoms with Crippen molar-refractivity contribution in [1.82, 2.24) is 14.3 Å². The Bertz CT molecular complexity index is 1020. The zero-order chi connectivity index (χ0) is 22.6. The van der Waals surface area contributed by atoms with Crippen LogP contribution in [0.5, 0.6) is 11.5 Å². The molecule has 0 saturated carbocycles. The van der Waals surface area contributed by atoms with Gasteiger partial charge in [0.2, 0.25) is 16.0 Å². The lowest BCUT2D eigenvalue weighted by Gasteiger charge is -2.35. The van der Waals surface area contributed by atoms with Gasteiger partial charge in [-0.05, 0) is 44.9 Å². The van der Waals surface area contributed by atoms with Gasteiger partial charge in [0.25, 0.3) is 0 Å². The van der Waals surface area contributed by atoms with Gasteiger partial charge in [0.05, 0.1) is 13.2 Å². The number of nitrogens with zero attached hydrogens (tertiary/aromatic N) is 5. The Hall–Kier alpha value is -2.59. The first-order chi connectivity index (χ1) is 15.5. The summed E-state index contributed by atoms with van der Waals surface area (Å²) >= 11 is 0. The molecule has 2 aliphatic heterocycles. The Morgan fingerprint density at radius 2 is 1.62 bits per heavy atom. The van der Waals surface area contributed by atoms with E-state index in [1.807, 2.05) is 19.9 Å². The van der Waals surface area contributed by atoms with E-state index >= 15 is 0 Å². The summed E-state index contributed by atoms with van der Waals surface area (Å²) in [6.45, 7) is 8.46. The number of rotatable bonds is 8. The van der Waals surface area contributed by atoms with Crippen LogP contribution in [0.2, 0.25) is 0 Å². The van der Waals surface area contributed by atoms with Crippen molar-refractivity contribution in [2.24, 2.45) is 0 Å². The molecular formula is C22H31N5O4S. The average Bonchev–Trinajstić information content (AvgIpc) is 3.35. The fourth-order valence-corrected chi connectivity index (χ4v) is 5.64. The number of ether oxygens (including phenoxy) is 2. The number of piperazine rings is 1. The third-order valence-corrected chi connectivity index (χ3v) is 7.66. The van der Waals surface area contributed by atoms with Gasteiger partial charge < -0.3 is 19.3 Å². The van der Waals surface area contributed by atoms with E-state index in [4.69, 9.17) is 14.5 Å². The number of benzene rings is 1. The van der Waals surface area contributed by atoms with Gasteiger partial charge in [-0.15, -0.1) is 0 Å². The van der Waals surface area contributed by atoms with Crippen LogP contribution in [0.1, 0.15) is 26.7 Å². The Morgan fingerprint density at radius 1 is 0.906 bits per heavy atom. The molecule has 174 valence electrons. The monoisotopic (exact) mass is 461 g/mol. The highest BCUT2D eigenvalue weighted by Crippen LogP contribution is 2.32. The van der Waals surface area contributed by atoms with Crippen LogP contribution in [-0.4, -0.2) is 75.2 Å². The van der Waals surface area contributed by atoms with Crippen LogP contribution in [0.3, 0.4) is 0 Å². The third-order valence-electron chi connectivity index (χ3n) is 5.72. The van der Waals surface area contributed by atoms with E-state index in [1.165, 1.54) is 17.1 Å². The first kappa shape index (κ1) is 22.6. The fraction of sp³-hybridized carbons (Fsp3) is 0.545. The predicted molar refractivity (Wildman–Crippen MR) is 123 cm³/mol. The van der Waals surface area contributed by atoms with E-state index in [9.17, 15) is 8.42 Å². The highest BCUT2D eigenvalue weighted by atomic mass is 32.2. The maximum Gasteiger partial charge on any atom is 0.246 e. The normalized spacial score (nSPS) is 17.6. The molecule has 10 heteroatoms. The molecule has 1 aromatic heterocycles. The van der Waals surface area contributed by atoms with Gasteiger partial charge in [-0.2, -0.15) is 9.29 Å². The Balaban J connectivity index is 1.47. The minimum atomic E-state index is -3.69. The second-order valence-corrected chi connectivity index (χ2v) is 9.68. The Kier molecular flexibility index (Phi) is 7.00. The molecule has 0 radical (unpaired) electrons. The summed E-state index contributed by atoms with van der Waals surface area (Å²) in [5.41, 5.74) is 0. The molecule has 0 aliphatic carbocycles. The van der Waals surface area contributed by atoms with Crippen molar-refractivity contribution in [3.05, 3.63) is 30.5 Å². The van der Waals surface area contributed by atoms with Crippen LogP contribution in [-0.2, 0) is 10.0 Å². The van der Waals surface area contributed by atoms with Crippen LogP contribution in [0.4, 0.5) is 11.8 Å². The molecule has 0 bridgehead atoms. The molecular weight excluding hydrogens is 430 g/mol. The predicted octanol–water partition coefficient (Wildman–Crippen LogP) is 2.39. The zero-order valence-electron chi connectivity index (χ0n) is 18.7. The number of anilines is 2. The number of sulfonamides is 1. The number of aromatic nitrogens is 2. The molecule has 2 fully saturated rings. The van der Waals surface area contributed by atoms with Crippen molar-refractivity contribution < 1.29 is 17.9 Å². The van der Waals surface area contributed by atoms with Crippen molar-refractivity contribution >= 4 is 21.8 Å². The van der Waals surface area contributed by atoms with Crippen LogP contribution in [0.25, 0.3) is 0 Å². The van der Waals surface area contributed by atoms with Crippen LogP contribution < -0.4 is 19.3 Å².